The number of amides is 1. The fourth-order valence-corrected chi connectivity index (χ4v) is 3.25. The average Bonchev–Trinajstić information content (AvgIpc) is 2.73. The molecule has 0 aliphatic carbocycles. The molecule has 29 heavy (non-hydrogen) atoms. The highest BCUT2D eigenvalue weighted by Gasteiger charge is 2.13. The van der Waals surface area contributed by atoms with Crippen molar-refractivity contribution in [2.45, 2.75) is 6.92 Å². The Morgan fingerprint density at radius 3 is 2.59 bits per heavy atom. The van der Waals surface area contributed by atoms with Crippen molar-refractivity contribution in [1.29, 1.82) is 0 Å². The Balaban J connectivity index is 1.68. The molecule has 1 N–H and O–H groups in total. The molecule has 1 amide bonds. The van der Waals surface area contributed by atoms with E-state index >= 15 is 0 Å². The first-order valence-electron chi connectivity index (χ1n) is 9.16. The Bertz CT molecular complexity index is 1220. The molecule has 3 aromatic carbocycles. The van der Waals surface area contributed by atoms with E-state index in [1.807, 2.05) is 67.6 Å². The van der Waals surface area contributed by atoms with E-state index in [9.17, 15) is 4.79 Å². The van der Waals surface area contributed by atoms with Crippen LogP contribution in [0.5, 0.6) is 0 Å². The average molecular weight is 400 g/mol. The number of rotatable bonds is 4. The zero-order valence-electron chi connectivity index (χ0n) is 15.8. The van der Waals surface area contributed by atoms with Crippen molar-refractivity contribution < 1.29 is 4.79 Å². The summed E-state index contributed by atoms with van der Waals surface area (Å²) >= 11 is 5.98. The van der Waals surface area contributed by atoms with Crippen LogP contribution in [0.4, 0.5) is 0 Å². The Morgan fingerprint density at radius 1 is 1.00 bits per heavy atom. The molecule has 1 heterocycles. The number of aromatic nitrogens is 1. The van der Waals surface area contributed by atoms with Crippen LogP contribution < -0.4 is 5.43 Å². The van der Waals surface area contributed by atoms with Crippen molar-refractivity contribution in [3.05, 3.63) is 101 Å². The monoisotopic (exact) mass is 399 g/mol. The lowest BCUT2D eigenvalue weighted by Crippen LogP contribution is -2.18. The Morgan fingerprint density at radius 2 is 1.79 bits per heavy atom. The molecule has 0 radical (unpaired) electrons. The van der Waals surface area contributed by atoms with Crippen LogP contribution in [0.1, 0.15) is 21.5 Å². The summed E-state index contributed by atoms with van der Waals surface area (Å²) in [4.78, 5) is 17.6. The van der Waals surface area contributed by atoms with Crippen molar-refractivity contribution in [2.24, 2.45) is 5.10 Å². The smallest absolute Gasteiger partial charge is 0.267 e. The minimum absolute atomic E-state index is 0.296. The van der Waals surface area contributed by atoms with Crippen LogP contribution in [0.15, 0.2) is 84.0 Å². The van der Waals surface area contributed by atoms with Gasteiger partial charge in [0.15, 0.2) is 0 Å². The number of para-hydroxylation sites is 1. The molecular formula is C24H18ClN3O. The molecule has 142 valence electrons. The highest BCUT2D eigenvalue weighted by atomic mass is 35.5. The van der Waals surface area contributed by atoms with E-state index in [1.165, 1.54) is 5.56 Å². The van der Waals surface area contributed by atoms with Gasteiger partial charge in [-0.05, 0) is 36.8 Å². The van der Waals surface area contributed by atoms with E-state index in [4.69, 9.17) is 16.6 Å². The van der Waals surface area contributed by atoms with Crippen molar-refractivity contribution in [3.63, 3.8) is 0 Å². The molecule has 4 aromatic rings. The van der Waals surface area contributed by atoms with Gasteiger partial charge in [-0.2, -0.15) is 5.10 Å². The maximum atomic E-state index is 12.9. The number of carbonyl (C=O) groups is 1. The number of pyridine rings is 1. The molecule has 0 atom stereocenters. The van der Waals surface area contributed by atoms with Crippen molar-refractivity contribution in [3.8, 4) is 11.3 Å². The predicted octanol–water partition coefficient (Wildman–Crippen LogP) is 5.63. The van der Waals surface area contributed by atoms with E-state index in [0.717, 1.165) is 27.7 Å². The minimum Gasteiger partial charge on any atom is -0.267 e. The maximum Gasteiger partial charge on any atom is 0.272 e. The number of carbonyl (C=O) groups excluding carboxylic acids is 1. The van der Waals surface area contributed by atoms with Crippen LogP contribution in [0.3, 0.4) is 0 Å². The second-order valence-corrected chi connectivity index (χ2v) is 7.13. The summed E-state index contributed by atoms with van der Waals surface area (Å²) in [5.41, 5.74) is 7.56. The molecule has 0 spiro atoms. The van der Waals surface area contributed by atoms with Crippen LogP contribution in [0.2, 0.25) is 5.02 Å². The zero-order valence-corrected chi connectivity index (χ0v) is 16.5. The van der Waals surface area contributed by atoms with Crippen molar-refractivity contribution >= 4 is 34.6 Å². The molecule has 1 aromatic heterocycles. The van der Waals surface area contributed by atoms with E-state index in [1.54, 1.807) is 24.4 Å². The van der Waals surface area contributed by atoms with Gasteiger partial charge in [0.25, 0.3) is 5.91 Å². The number of fused-ring (bicyclic) bond motifs is 1. The third-order valence-corrected chi connectivity index (χ3v) is 4.77. The van der Waals surface area contributed by atoms with Gasteiger partial charge in [-0.3, -0.25) is 4.79 Å². The van der Waals surface area contributed by atoms with Gasteiger partial charge in [0, 0.05) is 16.0 Å². The molecule has 0 unspecified atom stereocenters. The van der Waals surface area contributed by atoms with Gasteiger partial charge in [0.05, 0.1) is 23.0 Å². The Hall–Kier alpha value is -3.50. The number of hydrazone groups is 1. The lowest BCUT2D eigenvalue weighted by Gasteiger charge is -2.09. The largest absolute Gasteiger partial charge is 0.272 e. The van der Waals surface area contributed by atoms with Crippen LogP contribution >= 0.6 is 11.6 Å². The first-order chi connectivity index (χ1) is 14.1. The van der Waals surface area contributed by atoms with Crippen LogP contribution in [0.25, 0.3) is 22.2 Å². The lowest BCUT2D eigenvalue weighted by atomic mass is 10.0. The topological polar surface area (TPSA) is 54.4 Å². The van der Waals surface area contributed by atoms with Crippen molar-refractivity contribution in [1.82, 2.24) is 10.4 Å². The summed E-state index contributed by atoms with van der Waals surface area (Å²) in [7, 11) is 0. The first-order valence-corrected chi connectivity index (χ1v) is 9.54. The van der Waals surface area contributed by atoms with Crippen LogP contribution in [-0.2, 0) is 0 Å². The summed E-state index contributed by atoms with van der Waals surface area (Å²) in [5, 5.41) is 5.47. The van der Waals surface area contributed by atoms with E-state index in [-0.39, 0.29) is 5.91 Å². The van der Waals surface area contributed by atoms with Gasteiger partial charge in [-0.15, -0.1) is 0 Å². The molecule has 0 fully saturated rings. The maximum absolute atomic E-state index is 12.9. The zero-order chi connectivity index (χ0) is 20.2. The molecule has 0 saturated carbocycles. The third-order valence-electron chi connectivity index (χ3n) is 4.54. The first kappa shape index (κ1) is 18.8. The SMILES string of the molecule is Cc1ccc(-c2cc(C(=O)NN=Cc3cccc(Cl)c3)c3ccccc3n2)cc1. The number of hydrogen-bond donors (Lipinski definition) is 1. The molecule has 0 bridgehead atoms. The predicted molar refractivity (Wildman–Crippen MR) is 118 cm³/mol. The van der Waals surface area contributed by atoms with E-state index < -0.39 is 0 Å². The second kappa shape index (κ2) is 8.25. The van der Waals surface area contributed by atoms with Gasteiger partial charge >= 0.3 is 0 Å². The summed E-state index contributed by atoms with van der Waals surface area (Å²) in [6.45, 7) is 2.04. The van der Waals surface area contributed by atoms with Gasteiger partial charge in [0.2, 0.25) is 0 Å². The number of halogens is 1. The van der Waals surface area contributed by atoms with Gasteiger partial charge in [0.1, 0.15) is 0 Å². The summed E-state index contributed by atoms with van der Waals surface area (Å²) < 4.78 is 0. The third kappa shape index (κ3) is 4.33. The highest BCUT2D eigenvalue weighted by Crippen LogP contribution is 2.25. The number of nitrogens with one attached hydrogen (secondary N) is 1. The number of benzene rings is 3. The number of nitrogens with zero attached hydrogens (tertiary/aromatic N) is 2. The van der Waals surface area contributed by atoms with Gasteiger partial charge in [-0.1, -0.05) is 71.8 Å². The lowest BCUT2D eigenvalue weighted by molar-refractivity contribution is 0.0956. The fraction of sp³-hybridized carbons (Fsp3) is 0.0417. The van der Waals surface area contributed by atoms with Crippen LogP contribution in [0, 0.1) is 6.92 Å². The number of hydrogen-bond acceptors (Lipinski definition) is 3. The van der Waals surface area contributed by atoms with E-state index in [2.05, 4.69) is 10.5 Å². The summed E-state index contributed by atoms with van der Waals surface area (Å²) in [6.07, 6.45) is 1.56. The normalized spacial score (nSPS) is 11.1. The van der Waals surface area contributed by atoms with Gasteiger partial charge in [-0.25, -0.2) is 10.4 Å². The molecule has 4 nitrogen and oxygen atoms in total. The van der Waals surface area contributed by atoms with E-state index in [0.29, 0.717) is 10.6 Å². The molecule has 4 rings (SSSR count). The van der Waals surface area contributed by atoms with Crippen LogP contribution in [-0.4, -0.2) is 17.1 Å². The Kier molecular flexibility index (Phi) is 5.36. The number of aryl methyl sites for hydroxylation is 1. The molecular weight excluding hydrogens is 382 g/mol. The standard InChI is InChI=1S/C24H18ClN3O/c1-16-9-11-18(12-10-16)23-14-21(20-7-2-3-8-22(20)27-23)24(29)28-26-15-17-5-4-6-19(25)13-17/h2-15H,1H3,(H,28,29). The summed E-state index contributed by atoms with van der Waals surface area (Å²) in [5.74, 6) is -0.296. The second-order valence-electron chi connectivity index (χ2n) is 6.69. The summed E-state index contributed by atoms with van der Waals surface area (Å²) in [6, 6.07) is 24.7. The van der Waals surface area contributed by atoms with Crippen molar-refractivity contribution in [2.75, 3.05) is 0 Å². The molecule has 0 saturated heterocycles. The Labute approximate surface area is 173 Å². The minimum atomic E-state index is -0.296. The highest BCUT2D eigenvalue weighted by molar-refractivity contribution is 6.30. The fourth-order valence-electron chi connectivity index (χ4n) is 3.05. The molecule has 0 aliphatic heterocycles. The van der Waals surface area contributed by atoms with Gasteiger partial charge < -0.3 is 0 Å². The molecule has 5 heteroatoms. The quantitative estimate of drug-likeness (QED) is 0.357. The molecule has 0 aliphatic rings.